The third-order valence-corrected chi connectivity index (χ3v) is 3.73. The van der Waals surface area contributed by atoms with Crippen LogP contribution in [0.15, 0.2) is 24.3 Å². The minimum absolute atomic E-state index is 0. The lowest BCUT2D eigenvalue weighted by atomic mass is 9.98. The predicted octanol–water partition coefficient (Wildman–Crippen LogP) is 2.50. The molecule has 3 nitrogen and oxygen atoms in total. The van der Waals surface area contributed by atoms with Gasteiger partial charge in [-0.15, -0.1) is 12.4 Å². The van der Waals surface area contributed by atoms with E-state index in [1.165, 1.54) is 11.1 Å². The van der Waals surface area contributed by atoms with Crippen molar-refractivity contribution in [2.24, 2.45) is 5.92 Å². The Hall–Kier alpha value is -1.06. The lowest BCUT2D eigenvalue weighted by Crippen LogP contribution is -2.52. The maximum absolute atomic E-state index is 11.8. The van der Waals surface area contributed by atoms with E-state index in [0.717, 1.165) is 19.5 Å². The van der Waals surface area contributed by atoms with Gasteiger partial charge < -0.3 is 10.6 Å². The summed E-state index contributed by atoms with van der Waals surface area (Å²) in [5, 5.41) is 6.21. The average molecular weight is 297 g/mol. The molecule has 0 saturated carbocycles. The van der Waals surface area contributed by atoms with Gasteiger partial charge in [0.05, 0.1) is 5.92 Å². The van der Waals surface area contributed by atoms with Crippen LogP contribution in [-0.2, 0) is 11.2 Å². The summed E-state index contributed by atoms with van der Waals surface area (Å²) in [4.78, 5) is 11.8. The molecule has 20 heavy (non-hydrogen) atoms. The Morgan fingerprint density at radius 3 is 2.30 bits per heavy atom. The number of rotatable bonds is 5. The van der Waals surface area contributed by atoms with Crippen LogP contribution in [0.1, 0.15) is 37.8 Å². The van der Waals surface area contributed by atoms with Crippen molar-refractivity contribution in [3.05, 3.63) is 35.4 Å². The highest BCUT2D eigenvalue weighted by atomic mass is 35.5. The molecule has 1 aromatic carbocycles. The molecule has 1 atom stereocenters. The first-order valence-electron chi connectivity index (χ1n) is 7.16. The molecule has 0 aliphatic carbocycles. The number of benzene rings is 1. The lowest BCUT2D eigenvalue weighted by molar-refractivity contribution is -0.127. The van der Waals surface area contributed by atoms with Gasteiger partial charge in [0.15, 0.2) is 0 Å². The Morgan fingerprint density at radius 1 is 1.25 bits per heavy atom. The first kappa shape index (κ1) is 17.0. The fourth-order valence-electron chi connectivity index (χ4n) is 2.28. The second-order valence-electron chi connectivity index (χ2n) is 5.87. The van der Waals surface area contributed by atoms with Crippen molar-refractivity contribution in [3.8, 4) is 0 Å². The van der Waals surface area contributed by atoms with Crippen LogP contribution in [-0.4, -0.2) is 25.0 Å². The van der Waals surface area contributed by atoms with Crippen LogP contribution < -0.4 is 10.6 Å². The number of amides is 1. The van der Waals surface area contributed by atoms with Crippen LogP contribution in [0, 0.1) is 5.92 Å². The predicted molar refractivity (Wildman–Crippen MR) is 85.4 cm³/mol. The van der Waals surface area contributed by atoms with Crippen LogP contribution in [0.5, 0.6) is 0 Å². The fourth-order valence-corrected chi connectivity index (χ4v) is 2.28. The number of hydrogen-bond acceptors (Lipinski definition) is 2. The van der Waals surface area contributed by atoms with Gasteiger partial charge in [0, 0.05) is 19.1 Å². The summed E-state index contributed by atoms with van der Waals surface area (Å²) in [7, 11) is 0. The molecular weight excluding hydrogens is 272 g/mol. The Balaban J connectivity index is 0.00000200. The summed E-state index contributed by atoms with van der Waals surface area (Å²) in [6, 6.07) is 8.90. The van der Waals surface area contributed by atoms with Gasteiger partial charge >= 0.3 is 0 Å². The number of hydrogen-bond donors (Lipinski definition) is 2. The highest BCUT2D eigenvalue weighted by Gasteiger charge is 2.25. The van der Waals surface area contributed by atoms with Crippen molar-refractivity contribution < 1.29 is 4.79 Å². The van der Waals surface area contributed by atoms with Crippen molar-refractivity contribution in [1.82, 2.24) is 10.6 Å². The first-order chi connectivity index (χ1) is 9.06. The number of carbonyl (C=O) groups is 1. The Morgan fingerprint density at radius 2 is 1.85 bits per heavy atom. The van der Waals surface area contributed by atoms with Crippen molar-refractivity contribution in [1.29, 1.82) is 0 Å². The molecule has 1 saturated heterocycles. The van der Waals surface area contributed by atoms with Gasteiger partial charge in [-0.3, -0.25) is 4.79 Å². The quantitative estimate of drug-likeness (QED) is 0.876. The molecule has 112 valence electrons. The maximum Gasteiger partial charge on any atom is 0.225 e. The zero-order valence-electron chi connectivity index (χ0n) is 12.5. The molecule has 4 heteroatoms. The first-order valence-corrected chi connectivity index (χ1v) is 7.16. The smallest absolute Gasteiger partial charge is 0.225 e. The Labute approximate surface area is 127 Å². The summed E-state index contributed by atoms with van der Waals surface area (Å²) >= 11 is 0. The van der Waals surface area contributed by atoms with Crippen LogP contribution in [0.4, 0.5) is 0 Å². The SMILES string of the molecule is CC(Cc1ccc(C(C)C)cc1)NC(=O)C1CNC1.Cl. The van der Waals surface area contributed by atoms with Gasteiger partial charge in [-0.05, 0) is 30.4 Å². The molecule has 2 N–H and O–H groups in total. The average Bonchev–Trinajstić information content (AvgIpc) is 2.26. The summed E-state index contributed by atoms with van der Waals surface area (Å²) in [6.45, 7) is 8.11. The van der Waals surface area contributed by atoms with E-state index in [4.69, 9.17) is 0 Å². The minimum Gasteiger partial charge on any atom is -0.353 e. The van der Waals surface area contributed by atoms with E-state index in [2.05, 4.69) is 55.7 Å². The van der Waals surface area contributed by atoms with Crippen LogP contribution in [0.2, 0.25) is 0 Å². The third kappa shape index (κ3) is 4.50. The van der Waals surface area contributed by atoms with E-state index in [-0.39, 0.29) is 30.3 Å². The second kappa shape index (κ2) is 7.65. The minimum atomic E-state index is 0. The lowest BCUT2D eigenvalue weighted by Gasteiger charge is -2.27. The molecule has 1 aromatic rings. The van der Waals surface area contributed by atoms with Gasteiger partial charge in [-0.1, -0.05) is 38.1 Å². The van der Waals surface area contributed by atoms with E-state index in [1.54, 1.807) is 0 Å². The molecule has 1 aliphatic rings. The summed E-state index contributed by atoms with van der Waals surface area (Å²) < 4.78 is 0. The molecule has 1 heterocycles. The Kier molecular flexibility index (Phi) is 6.50. The molecule has 0 spiro atoms. The van der Waals surface area contributed by atoms with Gasteiger partial charge in [-0.2, -0.15) is 0 Å². The van der Waals surface area contributed by atoms with Crippen molar-refractivity contribution in [2.75, 3.05) is 13.1 Å². The van der Waals surface area contributed by atoms with E-state index >= 15 is 0 Å². The van der Waals surface area contributed by atoms with Crippen molar-refractivity contribution in [2.45, 2.75) is 39.2 Å². The standard InChI is InChI=1S/C16H24N2O.ClH/c1-11(2)14-6-4-13(5-7-14)8-12(3)18-16(19)15-9-17-10-15;/h4-7,11-12,15,17H,8-10H2,1-3H3,(H,18,19);1H. The van der Waals surface area contributed by atoms with Gasteiger partial charge in [-0.25, -0.2) is 0 Å². The van der Waals surface area contributed by atoms with Crippen molar-refractivity contribution in [3.63, 3.8) is 0 Å². The molecule has 1 unspecified atom stereocenters. The summed E-state index contributed by atoms with van der Waals surface area (Å²) in [5.74, 6) is 0.924. The fraction of sp³-hybridized carbons (Fsp3) is 0.562. The van der Waals surface area contributed by atoms with Crippen LogP contribution in [0.25, 0.3) is 0 Å². The molecular formula is C16H25ClN2O. The van der Waals surface area contributed by atoms with E-state index < -0.39 is 0 Å². The molecule has 1 aliphatic heterocycles. The largest absolute Gasteiger partial charge is 0.353 e. The van der Waals surface area contributed by atoms with Gasteiger partial charge in [0.2, 0.25) is 5.91 Å². The highest BCUT2D eigenvalue weighted by molar-refractivity contribution is 5.85. The second-order valence-corrected chi connectivity index (χ2v) is 5.87. The summed E-state index contributed by atoms with van der Waals surface area (Å²) in [5.41, 5.74) is 2.64. The topological polar surface area (TPSA) is 41.1 Å². The number of nitrogens with one attached hydrogen (secondary N) is 2. The maximum atomic E-state index is 11.8. The van der Waals surface area contributed by atoms with Crippen molar-refractivity contribution >= 4 is 18.3 Å². The Bertz CT molecular complexity index is 427. The van der Waals surface area contributed by atoms with Gasteiger partial charge in [0.1, 0.15) is 0 Å². The molecule has 0 bridgehead atoms. The van der Waals surface area contributed by atoms with E-state index in [9.17, 15) is 4.79 Å². The number of halogens is 1. The monoisotopic (exact) mass is 296 g/mol. The normalized spacial score (nSPS) is 16.2. The third-order valence-electron chi connectivity index (χ3n) is 3.73. The van der Waals surface area contributed by atoms with Crippen LogP contribution in [0.3, 0.4) is 0 Å². The molecule has 0 aromatic heterocycles. The van der Waals surface area contributed by atoms with Crippen LogP contribution >= 0.6 is 12.4 Å². The van der Waals surface area contributed by atoms with E-state index in [1.807, 2.05) is 0 Å². The zero-order valence-corrected chi connectivity index (χ0v) is 13.3. The highest BCUT2D eigenvalue weighted by Crippen LogP contribution is 2.15. The molecule has 1 amide bonds. The zero-order chi connectivity index (χ0) is 13.8. The van der Waals surface area contributed by atoms with Gasteiger partial charge in [0.25, 0.3) is 0 Å². The summed E-state index contributed by atoms with van der Waals surface area (Å²) in [6.07, 6.45) is 0.893. The molecule has 0 radical (unpaired) electrons. The number of carbonyl (C=O) groups excluding carboxylic acids is 1. The molecule has 1 fully saturated rings. The molecule has 2 rings (SSSR count). The van der Waals surface area contributed by atoms with E-state index in [0.29, 0.717) is 5.92 Å².